The first-order valence-electron chi connectivity index (χ1n) is 9.53. The van der Waals surface area contributed by atoms with Crippen LogP contribution in [0.4, 0.5) is 0 Å². The van der Waals surface area contributed by atoms with Crippen LogP contribution in [0.2, 0.25) is 0 Å². The average molecular weight is 295 g/mol. The summed E-state index contributed by atoms with van der Waals surface area (Å²) in [4.78, 5) is 5.17. The maximum atomic E-state index is 2.60. The quantitative estimate of drug-likeness (QED) is 0.399. The monoisotopic (exact) mass is 294 g/mol. The lowest BCUT2D eigenvalue weighted by Gasteiger charge is -2.33. The highest BCUT2D eigenvalue weighted by Crippen LogP contribution is 2.22. The molecule has 1 atom stereocenters. The Morgan fingerprint density at radius 2 is 1.19 bits per heavy atom. The molecule has 0 aromatic rings. The van der Waals surface area contributed by atoms with E-state index < -0.39 is 0 Å². The Kier molecular flexibility index (Phi) is 10.5. The molecule has 1 aliphatic heterocycles. The molecule has 0 saturated heterocycles. The fourth-order valence-corrected chi connectivity index (χ4v) is 3.25. The van der Waals surface area contributed by atoms with Crippen molar-refractivity contribution in [3.63, 3.8) is 0 Å². The molecule has 0 aromatic heterocycles. The van der Waals surface area contributed by atoms with E-state index in [0.717, 1.165) is 0 Å². The topological polar surface area (TPSA) is 6.48 Å². The van der Waals surface area contributed by atoms with Gasteiger partial charge in [-0.3, -0.25) is 0 Å². The molecule has 124 valence electrons. The first kappa shape index (κ1) is 18.4. The highest BCUT2D eigenvalue weighted by atomic mass is 15.4. The Morgan fingerprint density at radius 1 is 0.619 bits per heavy atom. The van der Waals surface area contributed by atoms with Crippen molar-refractivity contribution in [1.82, 2.24) is 9.80 Å². The second kappa shape index (κ2) is 11.9. The van der Waals surface area contributed by atoms with E-state index in [1.54, 1.807) is 0 Å². The van der Waals surface area contributed by atoms with Crippen LogP contribution in [-0.2, 0) is 0 Å². The van der Waals surface area contributed by atoms with Crippen molar-refractivity contribution in [2.24, 2.45) is 0 Å². The van der Waals surface area contributed by atoms with Gasteiger partial charge in [-0.25, -0.2) is 0 Å². The van der Waals surface area contributed by atoms with Crippen LogP contribution >= 0.6 is 0 Å². The van der Waals surface area contributed by atoms with Gasteiger partial charge in [-0.2, -0.15) is 0 Å². The van der Waals surface area contributed by atoms with Gasteiger partial charge in [0.2, 0.25) is 0 Å². The summed E-state index contributed by atoms with van der Waals surface area (Å²) in [6.07, 6.45) is 20.3. The summed E-state index contributed by atoms with van der Waals surface area (Å²) in [5.74, 6) is 0. The molecule has 2 nitrogen and oxygen atoms in total. The average Bonchev–Trinajstić information content (AvgIpc) is 2.86. The summed E-state index contributed by atoms with van der Waals surface area (Å²) in [5.41, 5.74) is 0. The lowest BCUT2D eigenvalue weighted by atomic mass is 10.1. The first-order chi connectivity index (χ1) is 10.3. The SMILES string of the molecule is CCCCCCCN1C=CN(CCC)C1CCCCCC. The molecule has 0 radical (unpaired) electrons. The van der Waals surface area contributed by atoms with Crippen LogP contribution in [0.1, 0.15) is 91.4 Å². The third-order valence-electron chi connectivity index (χ3n) is 4.53. The number of nitrogens with zero attached hydrogens (tertiary/aromatic N) is 2. The Bertz CT molecular complexity index is 262. The van der Waals surface area contributed by atoms with E-state index in [2.05, 4.69) is 43.0 Å². The van der Waals surface area contributed by atoms with Crippen LogP contribution in [0, 0.1) is 0 Å². The molecule has 2 heteroatoms. The largest absolute Gasteiger partial charge is 0.356 e. The molecule has 0 spiro atoms. The van der Waals surface area contributed by atoms with E-state index in [4.69, 9.17) is 0 Å². The fourth-order valence-electron chi connectivity index (χ4n) is 3.25. The molecule has 0 fully saturated rings. The summed E-state index contributed by atoms with van der Waals surface area (Å²) >= 11 is 0. The van der Waals surface area contributed by atoms with Crippen LogP contribution in [0.5, 0.6) is 0 Å². The minimum atomic E-state index is 0.646. The molecule has 0 aliphatic carbocycles. The van der Waals surface area contributed by atoms with Gasteiger partial charge in [0.05, 0.1) is 0 Å². The maximum Gasteiger partial charge on any atom is 0.101 e. The highest BCUT2D eigenvalue weighted by molar-refractivity contribution is 4.96. The zero-order valence-electron chi connectivity index (χ0n) is 14.8. The molecule has 0 aromatic carbocycles. The van der Waals surface area contributed by atoms with Crippen molar-refractivity contribution in [2.75, 3.05) is 13.1 Å². The molecule has 0 saturated carbocycles. The predicted octanol–water partition coefficient (Wildman–Crippen LogP) is 5.75. The number of rotatable bonds is 13. The number of unbranched alkanes of at least 4 members (excludes halogenated alkanes) is 7. The van der Waals surface area contributed by atoms with Crippen molar-refractivity contribution in [3.05, 3.63) is 12.4 Å². The minimum absolute atomic E-state index is 0.646. The van der Waals surface area contributed by atoms with E-state index in [-0.39, 0.29) is 0 Å². The van der Waals surface area contributed by atoms with Gasteiger partial charge in [-0.05, 0) is 25.7 Å². The molecule has 0 N–H and O–H groups in total. The van der Waals surface area contributed by atoms with Crippen molar-refractivity contribution >= 4 is 0 Å². The van der Waals surface area contributed by atoms with Crippen LogP contribution in [0.15, 0.2) is 12.4 Å². The van der Waals surface area contributed by atoms with Gasteiger partial charge in [0.25, 0.3) is 0 Å². The summed E-state index contributed by atoms with van der Waals surface area (Å²) in [7, 11) is 0. The van der Waals surface area contributed by atoms with E-state index in [1.165, 1.54) is 83.7 Å². The van der Waals surface area contributed by atoms with E-state index in [1.807, 2.05) is 0 Å². The van der Waals surface area contributed by atoms with Crippen molar-refractivity contribution < 1.29 is 0 Å². The summed E-state index contributed by atoms with van der Waals surface area (Å²) in [6, 6.07) is 0. The predicted molar refractivity (Wildman–Crippen MR) is 94.1 cm³/mol. The number of hydrogen-bond donors (Lipinski definition) is 0. The van der Waals surface area contributed by atoms with E-state index >= 15 is 0 Å². The Morgan fingerprint density at radius 3 is 1.81 bits per heavy atom. The second-order valence-corrected chi connectivity index (χ2v) is 6.52. The van der Waals surface area contributed by atoms with Gasteiger partial charge in [0, 0.05) is 25.5 Å². The lowest BCUT2D eigenvalue weighted by molar-refractivity contribution is 0.137. The smallest absolute Gasteiger partial charge is 0.101 e. The van der Waals surface area contributed by atoms with E-state index in [0.29, 0.717) is 6.17 Å². The van der Waals surface area contributed by atoms with Crippen LogP contribution in [0.3, 0.4) is 0 Å². The fraction of sp³-hybridized carbons (Fsp3) is 0.895. The van der Waals surface area contributed by atoms with Crippen LogP contribution < -0.4 is 0 Å². The Labute approximate surface area is 133 Å². The first-order valence-corrected chi connectivity index (χ1v) is 9.53. The van der Waals surface area contributed by atoms with Gasteiger partial charge in [0.1, 0.15) is 6.17 Å². The second-order valence-electron chi connectivity index (χ2n) is 6.52. The van der Waals surface area contributed by atoms with Crippen LogP contribution in [-0.4, -0.2) is 29.1 Å². The molecule has 0 amide bonds. The molecule has 1 aliphatic rings. The summed E-state index contributed by atoms with van der Waals surface area (Å²) in [6.45, 7) is 9.33. The summed E-state index contributed by atoms with van der Waals surface area (Å²) < 4.78 is 0. The molecule has 1 rings (SSSR count). The highest BCUT2D eigenvalue weighted by Gasteiger charge is 2.24. The van der Waals surface area contributed by atoms with Crippen molar-refractivity contribution in [1.29, 1.82) is 0 Å². The molecular weight excluding hydrogens is 256 g/mol. The van der Waals surface area contributed by atoms with Gasteiger partial charge in [-0.15, -0.1) is 0 Å². The zero-order valence-corrected chi connectivity index (χ0v) is 14.8. The normalized spacial score (nSPS) is 18.0. The standard InChI is InChI=1S/C19H38N2/c1-4-7-9-11-13-16-21-18-17-20(15-6-3)19(21)14-12-10-8-5-2/h17-19H,4-16H2,1-3H3. The van der Waals surface area contributed by atoms with E-state index in [9.17, 15) is 0 Å². The van der Waals surface area contributed by atoms with Crippen LogP contribution in [0.25, 0.3) is 0 Å². The third-order valence-corrected chi connectivity index (χ3v) is 4.53. The molecule has 0 bridgehead atoms. The number of hydrogen-bond acceptors (Lipinski definition) is 2. The Balaban J connectivity index is 2.31. The van der Waals surface area contributed by atoms with Gasteiger partial charge < -0.3 is 9.80 Å². The molecule has 1 heterocycles. The van der Waals surface area contributed by atoms with Gasteiger partial charge in [-0.1, -0.05) is 65.7 Å². The molecular formula is C19H38N2. The molecule has 1 unspecified atom stereocenters. The van der Waals surface area contributed by atoms with Gasteiger partial charge >= 0.3 is 0 Å². The third kappa shape index (κ3) is 7.24. The van der Waals surface area contributed by atoms with Crippen molar-refractivity contribution in [3.8, 4) is 0 Å². The molecule has 21 heavy (non-hydrogen) atoms. The maximum absolute atomic E-state index is 2.60. The van der Waals surface area contributed by atoms with Crippen molar-refractivity contribution in [2.45, 2.75) is 97.6 Å². The summed E-state index contributed by atoms with van der Waals surface area (Å²) in [5, 5.41) is 0. The van der Waals surface area contributed by atoms with Gasteiger partial charge in [0.15, 0.2) is 0 Å². The minimum Gasteiger partial charge on any atom is -0.356 e. The lowest BCUT2D eigenvalue weighted by Crippen LogP contribution is -2.39. The Hall–Kier alpha value is -0.660. The zero-order chi connectivity index (χ0) is 15.3.